The fourth-order valence-electron chi connectivity index (χ4n) is 2.02. The van der Waals surface area contributed by atoms with E-state index in [1.165, 1.54) is 0 Å². The van der Waals surface area contributed by atoms with E-state index in [0.29, 0.717) is 0 Å². The molecule has 18 heavy (non-hydrogen) atoms. The van der Waals surface area contributed by atoms with Crippen LogP contribution in [0.4, 0.5) is 8.78 Å². The van der Waals surface area contributed by atoms with Gasteiger partial charge in [-0.15, -0.1) is 0 Å². The summed E-state index contributed by atoms with van der Waals surface area (Å²) in [7, 11) is 0. The number of benzene rings is 1. The van der Waals surface area contributed by atoms with Crippen LogP contribution in [0.1, 0.15) is 29.6 Å². The molecule has 0 spiro atoms. The third-order valence-corrected chi connectivity index (χ3v) is 4.39. The fourth-order valence-corrected chi connectivity index (χ4v) is 2.89. The first-order valence-corrected chi connectivity index (χ1v) is 6.88. The summed E-state index contributed by atoms with van der Waals surface area (Å²) in [6.07, 6.45) is 2.79. The van der Waals surface area contributed by atoms with Crippen molar-refractivity contribution in [1.82, 2.24) is 5.32 Å². The van der Waals surface area contributed by atoms with Crippen LogP contribution in [-0.4, -0.2) is 16.8 Å². The highest BCUT2D eigenvalue weighted by Gasteiger charge is 2.27. The summed E-state index contributed by atoms with van der Waals surface area (Å²) in [5.74, 6) is -2.23. The zero-order chi connectivity index (χ0) is 13.3. The summed E-state index contributed by atoms with van der Waals surface area (Å²) < 4.78 is 26.8. The van der Waals surface area contributed by atoms with Crippen LogP contribution in [0.15, 0.2) is 12.1 Å². The van der Waals surface area contributed by atoms with Gasteiger partial charge in [-0.05, 0) is 25.0 Å². The molecule has 1 saturated carbocycles. The molecule has 0 bridgehead atoms. The second kappa shape index (κ2) is 5.53. The van der Waals surface area contributed by atoms with E-state index >= 15 is 0 Å². The fraction of sp³-hybridized carbons (Fsp3) is 0.417. The maximum atomic E-state index is 13.5. The Morgan fingerprint density at radius 3 is 2.67 bits per heavy atom. The van der Waals surface area contributed by atoms with Gasteiger partial charge in [-0.2, -0.15) is 0 Å². The maximum absolute atomic E-state index is 13.5. The zero-order valence-electron chi connectivity index (χ0n) is 9.35. The monoisotopic (exact) mass is 337 g/mol. The average molecular weight is 339 g/mol. The van der Waals surface area contributed by atoms with Crippen LogP contribution in [0, 0.1) is 11.6 Å². The van der Waals surface area contributed by atoms with Crippen LogP contribution in [-0.2, 0) is 0 Å². The summed E-state index contributed by atoms with van der Waals surface area (Å²) >= 11 is 8.88. The molecule has 1 aliphatic rings. The molecule has 0 saturated heterocycles. The highest BCUT2D eigenvalue weighted by molar-refractivity contribution is 9.09. The lowest BCUT2D eigenvalue weighted by Gasteiger charge is -2.16. The third kappa shape index (κ3) is 2.83. The molecule has 1 fully saturated rings. The lowest BCUT2D eigenvalue weighted by molar-refractivity contribution is 0.0934. The largest absolute Gasteiger partial charge is 0.348 e. The molecule has 1 aromatic rings. The molecule has 0 radical (unpaired) electrons. The predicted molar refractivity (Wildman–Crippen MR) is 69.2 cm³/mol. The summed E-state index contributed by atoms with van der Waals surface area (Å²) in [5.41, 5.74) is -0.316. The third-order valence-electron chi connectivity index (χ3n) is 3.00. The lowest BCUT2D eigenvalue weighted by atomic mass is 10.1. The number of hydrogen-bond donors (Lipinski definition) is 1. The molecule has 1 N–H and O–H groups in total. The molecule has 0 heterocycles. The molecule has 6 heteroatoms. The van der Waals surface area contributed by atoms with E-state index in [1.807, 2.05) is 0 Å². The number of carbonyl (C=O) groups is 1. The van der Waals surface area contributed by atoms with Crippen molar-refractivity contribution in [2.45, 2.75) is 30.1 Å². The Morgan fingerprint density at radius 1 is 1.33 bits per heavy atom. The summed E-state index contributed by atoms with van der Waals surface area (Å²) in [5, 5.41) is 2.37. The van der Waals surface area contributed by atoms with E-state index in [2.05, 4.69) is 21.2 Å². The van der Waals surface area contributed by atoms with E-state index in [0.717, 1.165) is 31.4 Å². The minimum absolute atomic E-state index is 0.0457. The van der Waals surface area contributed by atoms with Crippen molar-refractivity contribution in [2.24, 2.45) is 0 Å². The molecule has 0 aromatic heterocycles. The van der Waals surface area contributed by atoms with Crippen LogP contribution in [0.5, 0.6) is 0 Å². The van der Waals surface area contributed by atoms with Gasteiger partial charge in [-0.1, -0.05) is 34.0 Å². The number of nitrogens with one attached hydrogen (secondary N) is 1. The molecule has 2 nitrogen and oxygen atoms in total. The number of alkyl halides is 1. The number of carbonyl (C=O) groups excluding carboxylic acids is 1. The quantitative estimate of drug-likeness (QED) is 0.647. The minimum atomic E-state index is -0.817. The van der Waals surface area contributed by atoms with Gasteiger partial charge in [0, 0.05) is 10.9 Å². The first-order chi connectivity index (χ1) is 8.49. The normalized spacial score (nSPS) is 23.1. The van der Waals surface area contributed by atoms with Crippen molar-refractivity contribution in [1.29, 1.82) is 0 Å². The van der Waals surface area contributed by atoms with Crippen LogP contribution < -0.4 is 5.32 Å². The SMILES string of the molecule is O=C(NC1CCCC1Br)c1cc(F)c(Cl)cc1F. The van der Waals surface area contributed by atoms with E-state index in [-0.39, 0.29) is 21.5 Å². The van der Waals surface area contributed by atoms with Gasteiger partial charge in [0.05, 0.1) is 10.6 Å². The van der Waals surface area contributed by atoms with Crippen LogP contribution in [0.3, 0.4) is 0 Å². The molecule has 98 valence electrons. The highest BCUT2D eigenvalue weighted by Crippen LogP contribution is 2.26. The van der Waals surface area contributed by atoms with Gasteiger partial charge in [0.1, 0.15) is 11.6 Å². The van der Waals surface area contributed by atoms with Crippen molar-refractivity contribution in [3.05, 3.63) is 34.4 Å². The van der Waals surface area contributed by atoms with Gasteiger partial charge in [-0.3, -0.25) is 4.79 Å². The Morgan fingerprint density at radius 2 is 2.06 bits per heavy atom. The molecule has 2 atom stereocenters. The highest BCUT2D eigenvalue weighted by atomic mass is 79.9. The summed E-state index contributed by atoms with van der Waals surface area (Å²) in [6, 6.07) is 1.59. The average Bonchev–Trinajstić information content (AvgIpc) is 2.69. The minimum Gasteiger partial charge on any atom is -0.348 e. The van der Waals surface area contributed by atoms with Crippen molar-refractivity contribution in [2.75, 3.05) is 0 Å². The molecular weight excluding hydrogens is 327 g/mol. The van der Waals surface area contributed by atoms with Crippen molar-refractivity contribution < 1.29 is 13.6 Å². The van der Waals surface area contributed by atoms with Gasteiger partial charge < -0.3 is 5.32 Å². The maximum Gasteiger partial charge on any atom is 0.254 e. The first kappa shape index (κ1) is 13.7. The summed E-state index contributed by atoms with van der Waals surface area (Å²) in [6.45, 7) is 0. The van der Waals surface area contributed by atoms with Gasteiger partial charge in [-0.25, -0.2) is 8.78 Å². The van der Waals surface area contributed by atoms with Crippen molar-refractivity contribution in [3.63, 3.8) is 0 Å². The Kier molecular flexibility index (Phi) is 4.22. The van der Waals surface area contributed by atoms with E-state index in [4.69, 9.17) is 11.6 Å². The number of hydrogen-bond acceptors (Lipinski definition) is 1. The molecular formula is C12H11BrClF2NO. The second-order valence-electron chi connectivity index (χ2n) is 4.27. The van der Waals surface area contributed by atoms with Gasteiger partial charge in [0.2, 0.25) is 0 Å². The van der Waals surface area contributed by atoms with Crippen LogP contribution in [0.25, 0.3) is 0 Å². The Hall–Kier alpha value is -0.680. The lowest BCUT2D eigenvalue weighted by Crippen LogP contribution is -2.38. The number of rotatable bonds is 2. The Labute approximate surface area is 117 Å². The zero-order valence-corrected chi connectivity index (χ0v) is 11.7. The molecule has 0 aliphatic heterocycles. The first-order valence-electron chi connectivity index (χ1n) is 5.58. The van der Waals surface area contributed by atoms with Crippen molar-refractivity contribution in [3.8, 4) is 0 Å². The molecule has 2 rings (SSSR count). The van der Waals surface area contributed by atoms with Crippen LogP contribution >= 0.6 is 27.5 Å². The predicted octanol–water partition coefficient (Wildman–Crippen LogP) is 3.66. The van der Waals surface area contributed by atoms with Gasteiger partial charge in [0.25, 0.3) is 5.91 Å². The Balaban J connectivity index is 2.16. The molecule has 1 amide bonds. The molecule has 2 unspecified atom stereocenters. The van der Waals surface area contributed by atoms with Gasteiger partial charge >= 0.3 is 0 Å². The Bertz CT molecular complexity index is 483. The number of amides is 1. The van der Waals surface area contributed by atoms with E-state index in [9.17, 15) is 13.6 Å². The smallest absolute Gasteiger partial charge is 0.254 e. The van der Waals surface area contributed by atoms with E-state index in [1.54, 1.807) is 0 Å². The standard InChI is InChI=1S/C12H11BrClF2NO/c13-7-2-1-3-11(7)17-12(18)6-4-10(16)8(14)5-9(6)15/h4-5,7,11H,1-3H2,(H,17,18). The second-order valence-corrected chi connectivity index (χ2v) is 5.86. The van der Waals surface area contributed by atoms with E-state index < -0.39 is 17.5 Å². The summed E-state index contributed by atoms with van der Waals surface area (Å²) in [4.78, 5) is 12.0. The van der Waals surface area contributed by atoms with Crippen molar-refractivity contribution >= 4 is 33.4 Å². The van der Waals surface area contributed by atoms with Crippen LogP contribution in [0.2, 0.25) is 5.02 Å². The van der Waals surface area contributed by atoms with Gasteiger partial charge in [0.15, 0.2) is 0 Å². The molecule has 1 aliphatic carbocycles. The molecule has 1 aromatic carbocycles. The number of halogens is 4. The topological polar surface area (TPSA) is 29.1 Å².